The summed E-state index contributed by atoms with van der Waals surface area (Å²) in [7, 11) is 2.06. The van der Waals surface area contributed by atoms with Crippen LogP contribution >= 0.6 is 0 Å². The maximum absolute atomic E-state index is 4.41. The largest absolute Gasteiger partial charge is 0.337 e. The number of rotatable bonds is 4. The van der Waals surface area contributed by atoms with E-state index in [1.807, 2.05) is 35.5 Å². The summed E-state index contributed by atoms with van der Waals surface area (Å²) < 4.78 is 4.13. The Hall–Kier alpha value is -1.62. The number of likely N-dealkylation sites (tertiary alicyclic amines) is 1. The molecule has 1 fully saturated rings. The van der Waals surface area contributed by atoms with Crippen LogP contribution in [0.5, 0.6) is 0 Å². The molecule has 0 unspecified atom stereocenters. The number of hydrogen-bond acceptors (Lipinski definition) is 3. The van der Waals surface area contributed by atoms with Crippen molar-refractivity contribution in [1.82, 2.24) is 24.2 Å². The fourth-order valence-corrected chi connectivity index (χ4v) is 2.66. The molecule has 18 heavy (non-hydrogen) atoms. The minimum absolute atomic E-state index is 0.585. The van der Waals surface area contributed by atoms with Gasteiger partial charge in [-0.25, -0.2) is 4.98 Å². The first-order valence-electron chi connectivity index (χ1n) is 6.50. The number of aromatic nitrogens is 4. The van der Waals surface area contributed by atoms with Gasteiger partial charge >= 0.3 is 0 Å². The smallest absolute Gasteiger partial charge is 0.122 e. The molecule has 5 heteroatoms. The molecule has 0 saturated carbocycles. The lowest BCUT2D eigenvalue weighted by molar-refractivity contribution is 0.212. The predicted octanol–water partition coefficient (Wildman–Crippen LogP) is 1.28. The van der Waals surface area contributed by atoms with Crippen molar-refractivity contribution >= 4 is 0 Å². The molecule has 0 aromatic carbocycles. The van der Waals surface area contributed by atoms with E-state index >= 15 is 0 Å². The summed E-state index contributed by atoms with van der Waals surface area (Å²) in [6.45, 7) is 3.09. The summed E-state index contributed by atoms with van der Waals surface area (Å²) in [5, 5.41) is 4.30. The van der Waals surface area contributed by atoms with Crippen LogP contribution in [0.4, 0.5) is 0 Å². The highest BCUT2D eigenvalue weighted by atomic mass is 15.3. The SMILES string of the molecule is Cn1ccnc1CN1CCC[C@@H]1Cn1cccn1. The Labute approximate surface area is 107 Å². The third-order valence-electron chi connectivity index (χ3n) is 3.72. The van der Waals surface area contributed by atoms with Gasteiger partial charge < -0.3 is 4.57 Å². The second-order valence-electron chi connectivity index (χ2n) is 4.95. The molecule has 0 bridgehead atoms. The van der Waals surface area contributed by atoms with Gasteiger partial charge in [0.25, 0.3) is 0 Å². The predicted molar refractivity (Wildman–Crippen MR) is 68.9 cm³/mol. The van der Waals surface area contributed by atoms with Crippen LogP contribution in [-0.4, -0.2) is 36.8 Å². The number of nitrogens with zero attached hydrogens (tertiary/aromatic N) is 5. The van der Waals surface area contributed by atoms with Crippen molar-refractivity contribution in [2.45, 2.75) is 32.0 Å². The van der Waals surface area contributed by atoms with Gasteiger partial charge in [-0.3, -0.25) is 9.58 Å². The minimum atomic E-state index is 0.585. The molecule has 2 aromatic heterocycles. The van der Waals surface area contributed by atoms with Crippen LogP contribution in [0.2, 0.25) is 0 Å². The van der Waals surface area contributed by atoms with Crippen LogP contribution in [0.15, 0.2) is 30.9 Å². The summed E-state index contributed by atoms with van der Waals surface area (Å²) in [5.41, 5.74) is 0. The molecule has 0 radical (unpaired) electrons. The Bertz CT molecular complexity index is 487. The van der Waals surface area contributed by atoms with Crippen LogP contribution < -0.4 is 0 Å². The average Bonchev–Trinajstić information content (AvgIpc) is 3.06. The third-order valence-corrected chi connectivity index (χ3v) is 3.72. The first-order chi connectivity index (χ1) is 8.83. The molecule has 96 valence electrons. The summed E-state index contributed by atoms with van der Waals surface area (Å²) in [4.78, 5) is 6.93. The van der Waals surface area contributed by atoms with Crippen LogP contribution in [0.25, 0.3) is 0 Å². The quantitative estimate of drug-likeness (QED) is 0.814. The normalized spacial score (nSPS) is 20.6. The van der Waals surface area contributed by atoms with Gasteiger partial charge in [0.15, 0.2) is 0 Å². The van der Waals surface area contributed by atoms with Crippen LogP contribution in [-0.2, 0) is 20.1 Å². The Morgan fingerprint density at radius 3 is 3.00 bits per heavy atom. The van der Waals surface area contributed by atoms with Gasteiger partial charge in [0, 0.05) is 37.9 Å². The fourth-order valence-electron chi connectivity index (χ4n) is 2.66. The van der Waals surface area contributed by atoms with Gasteiger partial charge in [0.1, 0.15) is 5.82 Å². The molecular weight excluding hydrogens is 226 g/mol. The van der Waals surface area contributed by atoms with E-state index in [1.54, 1.807) is 0 Å². The van der Waals surface area contributed by atoms with E-state index < -0.39 is 0 Å². The maximum Gasteiger partial charge on any atom is 0.122 e. The van der Waals surface area contributed by atoms with Gasteiger partial charge in [0.05, 0.1) is 13.1 Å². The van der Waals surface area contributed by atoms with Crippen LogP contribution in [0.1, 0.15) is 18.7 Å². The minimum Gasteiger partial charge on any atom is -0.337 e. The van der Waals surface area contributed by atoms with Crippen molar-refractivity contribution < 1.29 is 0 Å². The van der Waals surface area contributed by atoms with E-state index in [0.717, 1.165) is 18.9 Å². The topological polar surface area (TPSA) is 38.9 Å². The Kier molecular flexibility index (Phi) is 3.15. The Morgan fingerprint density at radius 2 is 2.28 bits per heavy atom. The molecule has 1 aliphatic rings. The van der Waals surface area contributed by atoms with Crippen molar-refractivity contribution in [3.63, 3.8) is 0 Å². The van der Waals surface area contributed by atoms with Crippen molar-refractivity contribution in [2.24, 2.45) is 7.05 Å². The molecule has 1 aliphatic heterocycles. The summed E-state index contributed by atoms with van der Waals surface area (Å²) in [5.74, 6) is 1.14. The molecule has 0 aliphatic carbocycles. The van der Waals surface area contributed by atoms with E-state index in [2.05, 4.69) is 26.6 Å². The lowest BCUT2D eigenvalue weighted by atomic mass is 10.2. The zero-order chi connectivity index (χ0) is 12.4. The second-order valence-corrected chi connectivity index (χ2v) is 4.95. The van der Waals surface area contributed by atoms with Gasteiger partial charge in [-0.05, 0) is 25.5 Å². The summed E-state index contributed by atoms with van der Waals surface area (Å²) >= 11 is 0. The standard InChI is InChI=1S/C13H19N5/c1-16-9-6-14-13(16)11-17-7-2-4-12(17)10-18-8-3-5-15-18/h3,5-6,8-9,12H,2,4,7,10-11H2,1H3/t12-/m1/s1. The van der Waals surface area contributed by atoms with E-state index in [0.29, 0.717) is 6.04 Å². The summed E-state index contributed by atoms with van der Waals surface area (Å²) in [6, 6.07) is 2.57. The second kappa shape index (κ2) is 4.94. The molecule has 3 heterocycles. The zero-order valence-corrected chi connectivity index (χ0v) is 10.7. The molecule has 3 rings (SSSR count). The van der Waals surface area contributed by atoms with Gasteiger partial charge in [0.2, 0.25) is 0 Å². The highest BCUT2D eigenvalue weighted by Crippen LogP contribution is 2.20. The van der Waals surface area contributed by atoms with Gasteiger partial charge in [-0.2, -0.15) is 5.10 Å². The molecular formula is C13H19N5. The molecule has 0 N–H and O–H groups in total. The van der Waals surface area contributed by atoms with Crippen LogP contribution in [0.3, 0.4) is 0 Å². The zero-order valence-electron chi connectivity index (χ0n) is 10.7. The lowest BCUT2D eigenvalue weighted by Crippen LogP contribution is -2.33. The molecule has 0 spiro atoms. The highest BCUT2D eigenvalue weighted by molar-refractivity contribution is 4.93. The van der Waals surface area contributed by atoms with E-state index in [4.69, 9.17) is 0 Å². The monoisotopic (exact) mass is 245 g/mol. The number of hydrogen-bond donors (Lipinski definition) is 0. The Morgan fingerprint density at radius 1 is 1.33 bits per heavy atom. The molecule has 0 amide bonds. The van der Waals surface area contributed by atoms with E-state index in [-0.39, 0.29) is 0 Å². The van der Waals surface area contributed by atoms with Crippen molar-refractivity contribution in [3.05, 3.63) is 36.7 Å². The lowest BCUT2D eigenvalue weighted by Gasteiger charge is -2.24. The Balaban J connectivity index is 1.66. The number of imidazole rings is 1. The fraction of sp³-hybridized carbons (Fsp3) is 0.538. The van der Waals surface area contributed by atoms with E-state index in [1.165, 1.54) is 19.4 Å². The van der Waals surface area contributed by atoms with Gasteiger partial charge in [-0.15, -0.1) is 0 Å². The third kappa shape index (κ3) is 2.31. The van der Waals surface area contributed by atoms with Gasteiger partial charge in [-0.1, -0.05) is 0 Å². The van der Waals surface area contributed by atoms with Crippen LogP contribution in [0, 0.1) is 0 Å². The maximum atomic E-state index is 4.41. The number of aryl methyl sites for hydroxylation is 1. The first-order valence-corrected chi connectivity index (χ1v) is 6.50. The average molecular weight is 245 g/mol. The highest BCUT2D eigenvalue weighted by Gasteiger charge is 2.25. The molecule has 1 atom stereocenters. The van der Waals surface area contributed by atoms with Crippen molar-refractivity contribution in [1.29, 1.82) is 0 Å². The van der Waals surface area contributed by atoms with E-state index in [9.17, 15) is 0 Å². The van der Waals surface area contributed by atoms with Crippen molar-refractivity contribution in [3.8, 4) is 0 Å². The van der Waals surface area contributed by atoms with Crippen molar-refractivity contribution in [2.75, 3.05) is 6.54 Å². The molecule has 5 nitrogen and oxygen atoms in total. The molecule has 1 saturated heterocycles. The molecule has 2 aromatic rings. The summed E-state index contributed by atoms with van der Waals surface area (Å²) in [6.07, 6.45) is 10.3. The first kappa shape index (κ1) is 11.5.